The van der Waals surface area contributed by atoms with E-state index in [1.165, 1.54) is 0 Å². The standard InChI is InChI=1S/C22H23N5OS.CH4O/c1-15-5-8-23-20(11-15)26-19-4-2-3-17(25-19)18-13-24-21(29-18)27-9-6-22(7-10-27)12-16(22)14-28;1-2/h2-5,8,11,13-14,16H,6-7,9-10,12H2,1H3,(H,23,25,26);2H,1H3. The van der Waals surface area contributed by atoms with Crippen LogP contribution >= 0.6 is 11.3 Å². The van der Waals surface area contributed by atoms with Crippen molar-refractivity contribution in [2.24, 2.45) is 11.3 Å². The molecule has 162 valence electrons. The highest BCUT2D eigenvalue weighted by Gasteiger charge is 2.54. The van der Waals surface area contributed by atoms with E-state index in [4.69, 9.17) is 10.1 Å². The monoisotopic (exact) mass is 437 g/mol. The van der Waals surface area contributed by atoms with Gasteiger partial charge in [-0.05, 0) is 61.4 Å². The summed E-state index contributed by atoms with van der Waals surface area (Å²) in [5.41, 5.74) is 2.35. The van der Waals surface area contributed by atoms with E-state index in [2.05, 4.69) is 20.2 Å². The summed E-state index contributed by atoms with van der Waals surface area (Å²) >= 11 is 1.68. The van der Waals surface area contributed by atoms with E-state index in [0.717, 1.165) is 78.6 Å². The van der Waals surface area contributed by atoms with E-state index in [9.17, 15) is 4.79 Å². The third-order valence-corrected chi connectivity index (χ3v) is 7.19. The molecule has 3 aromatic rings. The molecule has 2 aliphatic rings. The fourth-order valence-corrected chi connectivity index (χ4v) is 5.13. The van der Waals surface area contributed by atoms with Gasteiger partial charge in [-0.2, -0.15) is 0 Å². The maximum atomic E-state index is 11.1. The minimum Gasteiger partial charge on any atom is -0.400 e. The molecule has 2 N–H and O–H groups in total. The van der Waals surface area contributed by atoms with E-state index in [1.54, 1.807) is 17.5 Å². The molecule has 0 radical (unpaired) electrons. The second-order valence-corrected chi connectivity index (χ2v) is 9.06. The summed E-state index contributed by atoms with van der Waals surface area (Å²) in [6.45, 7) is 4.00. The Morgan fingerprint density at radius 2 is 2.00 bits per heavy atom. The Kier molecular flexibility index (Phi) is 6.29. The number of thiazole rings is 1. The van der Waals surface area contributed by atoms with Gasteiger partial charge in [0.15, 0.2) is 5.13 Å². The molecule has 1 aliphatic heterocycles. The molecule has 4 heterocycles. The fourth-order valence-electron chi connectivity index (χ4n) is 4.20. The summed E-state index contributed by atoms with van der Waals surface area (Å²) in [5.74, 6) is 1.85. The van der Waals surface area contributed by atoms with Crippen molar-refractivity contribution >= 4 is 34.4 Å². The number of hydrogen-bond donors (Lipinski definition) is 2. The molecule has 1 atom stereocenters. The largest absolute Gasteiger partial charge is 0.400 e. The second-order valence-electron chi connectivity index (χ2n) is 8.05. The first-order valence-corrected chi connectivity index (χ1v) is 11.2. The van der Waals surface area contributed by atoms with Crippen molar-refractivity contribution in [3.8, 4) is 10.6 Å². The zero-order valence-electron chi connectivity index (χ0n) is 17.8. The molecule has 0 amide bonds. The Hall–Kier alpha value is -2.84. The van der Waals surface area contributed by atoms with Crippen molar-refractivity contribution in [3.63, 3.8) is 0 Å². The number of nitrogens with zero attached hydrogens (tertiary/aromatic N) is 4. The zero-order chi connectivity index (χ0) is 21.8. The van der Waals surface area contributed by atoms with Crippen molar-refractivity contribution in [2.75, 3.05) is 30.4 Å². The maximum Gasteiger partial charge on any atom is 0.185 e. The lowest BCUT2D eigenvalue weighted by Crippen LogP contribution is -2.35. The summed E-state index contributed by atoms with van der Waals surface area (Å²) in [6.07, 6.45) is 8.10. The van der Waals surface area contributed by atoms with Gasteiger partial charge in [0.1, 0.15) is 17.9 Å². The lowest BCUT2D eigenvalue weighted by Gasteiger charge is -2.32. The van der Waals surface area contributed by atoms with Crippen LogP contribution in [0.15, 0.2) is 42.7 Å². The average molecular weight is 438 g/mol. The lowest BCUT2D eigenvalue weighted by atomic mass is 9.91. The number of aliphatic hydroxyl groups is 1. The summed E-state index contributed by atoms with van der Waals surface area (Å²) in [7, 11) is 1.00. The summed E-state index contributed by atoms with van der Waals surface area (Å²) in [4.78, 5) is 28.2. The molecule has 1 saturated heterocycles. The van der Waals surface area contributed by atoms with Crippen LogP contribution in [0.4, 0.5) is 16.8 Å². The van der Waals surface area contributed by atoms with Crippen LogP contribution in [-0.2, 0) is 4.79 Å². The molecule has 1 spiro atoms. The Bertz CT molecular complexity index is 1050. The van der Waals surface area contributed by atoms with Crippen LogP contribution in [0, 0.1) is 18.3 Å². The number of rotatable bonds is 5. The van der Waals surface area contributed by atoms with Crippen LogP contribution in [0.1, 0.15) is 24.8 Å². The average Bonchev–Trinajstić information content (AvgIpc) is 3.24. The number of aldehydes is 1. The molecule has 0 bridgehead atoms. The van der Waals surface area contributed by atoms with Crippen LogP contribution in [0.3, 0.4) is 0 Å². The van der Waals surface area contributed by atoms with Crippen molar-refractivity contribution in [1.29, 1.82) is 0 Å². The number of aliphatic hydroxyl groups excluding tert-OH is 1. The molecule has 2 fully saturated rings. The van der Waals surface area contributed by atoms with E-state index >= 15 is 0 Å². The molecule has 0 aromatic carbocycles. The number of carbonyl (C=O) groups is 1. The first-order valence-electron chi connectivity index (χ1n) is 10.4. The Labute approximate surface area is 186 Å². The predicted molar refractivity (Wildman–Crippen MR) is 124 cm³/mol. The number of piperidine rings is 1. The molecule has 3 aromatic heterocycles. The van der Waals surface area contributed by atoms with Gasteiger partial charge in [0, 0.05) is 38.5 Å². The molecule has 8 heteroatoms. The SMILES string of the molecule is CO.Cc1ccnc(Nc2cccc(-c3cnc(N4CCC5(CC4)CC5C=O)s3)n2)c1. The highest BCUT2D eigenvalue weighted by atomic mass is 32.1. The number of carbonyl (C=O) groups excluding carboxylic acids is 1. The normalized spacial score (nSPS) is 18.8. The van der Waals surface area contributed by atoms with Crippen molar-refractivity contribution in [2.45, 2.75) is 26.2 Å². The topological polar surface area (TPSA) is 91.2 Å². The van der Waals surface area contributed by atoms with Gasteiger partial charge < -0.3 is 20.1 Å². The lowest BCUT2D eigenvalue weighted by molar-refractivity contribution is -0.109. The van der Waals surface area contributed by atoms with Gasteiger partial charge in [-0.1, -0.05) is 17.4 Å². The molecular weight excluding hydrogens is 410 g/mol. The number of aromatic nitrogens is 3. The molecule has 7 nitrogen and oxygen atoms in total. The number of anilines is 3. The van der Waals surface area contributed by atoms with E-state index in [-0.39, 0.29) is 0 Å². The summed E-state index contributed by atoms with van der Waals surface area (Å²) in [6, 6.07) is 9.92. The van der Waals surface area contributed by atoms with Gasteiger partial charge in [-0.25, -0.2) is 15.0 Å². The Balaban J connectivity index is 0.00000112. The van der Waals surface area contributed by atoms with Gasteiger partial charge in [0.2, 0.25) is 0 Å². The quantitative estimate of drug-likeness (QED) is 0.582. The Morgan fingerprint density at radius 1 is 1.19 bits per heavy atom. The first kappa shape index (κ1) is 21.4. The number of nitrogens with one attached hydrogen (secondary N) is 1. The van der Waals surface area contributed by atoms with Crippen LogP contribution in [0.5, 0.6) is 0 Å². The third kappa shape index (κ3) is 4.60. The van der Waals surface area contributed by atoms with E-state index in [1.807, 2.05) is 43.5 Å². The maximum absolute atomic E-state index is 11.1. The minimum absolute atomic E-state index is 0.291. The molecule has 31 heavy (non-hydrogen) atoms. The smallest absolute Gasteiger partial charge is 0.185 e. The van der Waals surface area contributed by atoms with Gasteiger partial charge >= 0.3 is 0 Å². The summed E-state index contributed by atoms with van der Waals surface area (Å²) < 4.78 is 0. The van der Waals surface area contributed by atoms with Crippen LogP contribution in [0.2, 0.25) is 0 Å². The van der Waals surface area contributed by atoms with Gasteiger partial charge in [0.25, 0.3) is 0 Å². The first-order chi connectivity index (χ1) is 15.1. The van der Waals surface area contributed by atoms with Gasteiger partial charge in [-0.15, -0.1) is 0 Å². The van der Waals surface area contributed by atoms with Crippen molar-refractivity contribution < 1.29 is 9.90 Å². The van der Waals surface area contributed by atoms with Gasteiger partial charge in [-0.3, -0.25) is 0 Å². The van der Waals surface area contributed by atoms with E-state index < -0.39 is 0 Å². The predicted octanol–water partition coefficient (Wildman–Crippen LogP) is 4.07. The molecule has 1 saturated carbocycles. The fraction of sp³-hybridized carbons (Fsp3) is 0.391. The highest BCUT2D eigenvalue weighted by molar-refractivity contribution is 7.18. The molecule has 5 rings (SSSR count). The van der Waals surface area contributed by atoms with Crippen LogP contribution in [0.25, 0.3) is 10.6 Å². The third-order valence-electron chi connectivity index (χ3n) is 6.11. The van der Waals surface area contributed by atoms with Gasteiger partial charge in [0.05, 0.1) is 10.6 Å². The number of pyridine rings is 2. The van der Waals surface area contributed by atoms with Crippen LogP contribution in [-0.4, -0.2) is 46.5 Å². The van der Waals surface area contributed by atoms with Crippen molar-refractivity contribution in [1.82, 2.24) is 15.0 Å². The van der Waals surface area contributed by atoms with Crippen molar-refractivity contribution in [3.05, 3.63) is 48.3 Å². The molecular formula is C23H27N5O2S. The summed E-state index contributed by atoms with van der Waals surface area (Å²) in [5, 5.41) is 11.3. The minimum atomic E-state index is 0.291. The number of hydrogen-bond acceptors (Lipinski definition) is 8. The molecule has 1 aliphatic carbocycles. The molecule has 1 unspecified atom stereocenters. The second kappa shape index (κ2) is 9.11. The highest BCUT2D eigenvalue weighted by Crippen LogP contribution is 2.58. The van der Waals surface area contributed by atoms with Crippen LogP contribution < -0.4 is 10.2 Å². The van der Waals surface area contributed by atoms with E-state index in [0.29, 0.717) is 11.3 Å². The Morgan fingerprint density at radius 3 is 2.71 bits per heavy atom. The number of aryl methyl sites for hydroxylation is 1. The zero-order valence-corrected chi connectivity index (χ0v) is 18.6.